The second kappa shape index (κ2) is 6.54. The van der Waals surface area contributed by atoms with Crippen LogP contribution >= 0.6 is 11.6 Å². The highest BCUT2D eigenvalue weighted by molar-refractivity contribution is 6.30. The second-order valence-corrected chi connectivity index (χ2v) is 6.50. The Balaban J connectivity index is 2.14. The largest absolute Gasteiger partial charge is 0.364 e. The van der Waals surface area contributed by atoms with Crippen molar-refractivity contribution in [1.82, 2.24) is 10.5 Å². The van der Waals surface area contributed by atoms with Gasteiger partial charge in [0, 0.05) is 22.0 Å². The van der Waals surface area contributed by atoms with Gasteiger partial charge in [-0.25, -0.2) is 0 Å². The van der Waals surface area contributed by atoms with Gasteiger partial charge in [-0.05, 0) is 38.1 Å². The number of hydrogen-bond donors (Lipinski definition) is 1. The Hall–Kier alpha value is -2.14. The topological polar surface area (TPSA) is 72.2 Å². The van der Waals surface area contributed by atoms with E-state index in [-0.39, 0.29) is 17.7 Å². The number of carbonyl (C=O) groups is 2. The van der Waals surface area contributed by atoms with Crippen molar-refractivity contribution in [2.45, 2.75) is 33.7 Å². The minimum atomic E-state index is -0.783. The molecule has 6 heteroatoms. The Morgan fingerprint density at radius 1 is 1.26 bits per heavy atom. The van der Waals surface area contributed by atoms with Crippen LogP contribution in [0.3, 0.4) is 0 Å². The van der Waals surface area contributed by atoms with Crippen LogP contribution < -0.4 is 5.32 Å². The average molecular weight is 335 g/mol. The minimum absolute atomic E-state index is 0.0657. The lowest BCUT2D eigenvalue weighted by atomic mass is 9.78. The first-order chi connectivity index (χ1) is 10.7. The molecule has 1 heterocycles. The van der Waals surface area contributed by atoms with Crippen LogP contribution in [0.15, 0.2) is 35.1 Å². The summed E-state index contributed by atoms with van der Waals surface area (Å²) in [5, 5.41) is 7.10. The molecule has 2 aromatic rings. The molecule has 1 aromatic carbocycles. The molecule has 0 saturated carbocycles. The molecule has 0 bridgehead atoms. The Kier molecular flexibility index (Phi) is 4.90. The highest BCUT2D eigenvalue weighted by Gasteiger charge is 2.36. The van der Waals surface area contributed by atoms with Crippen LogP contribution in [0.5, 0.6) is 0 Å². The van der Waals surface area contributed by atoms with Gasteiger partial charge in [0.2, 0.25) is 0 Å². The molecule has 0 fully saturated rings. The van der Waals surface area contributed by atoms with Crippen molar-refractivity contribution in [2.75, 3.05) is 0 Å². The van der Waals surface area contributed by atoms with E-state index in [1.807, 2.05) is 0 Å². The van der Waals surface area contributed by atoms with Crippen molar-refractivity contribution >= 4 is 23.3 Å². The highest BCUT2D eigenvalue weighted by atomic mass is 35.5. The summed E-state index contributed by atoms with van der Waals surface area (Å²) in [4.78, 5) is 25.0. The average Bonchev–Trinajstić information content (AvgIpc) is 2.93. The number of aromatic nitrogens is 1. The zero-order chi connectivity index (χ0) is 17.2. The Bertz CT molecular complexity index is 720. The van der Waals surface area contributed by atoms with E-state index in [9.17, 15) is 9.59 Å². The number of nitrogens with one attached hydrogen (secondary N) is 1. The summed E-state index contributed by atoms with van der Waals surface area (Å²) in [6.45, 7) is 7.09. The monoisotopic (exact) mass is 334 g/mol. The van der Waals surface area contributed by atoms with Crippen LogP contribution in [0.25, 0.3) is 0 Å². The predicted octanol–water partition coefficient (Wildman–Crippen LogP) is 3.66. The van der Waals surface area contributed by atoms with Crippen molar-refractivity contribution in [2.24, 2.45) is 5.41 Å². The molecule has 0 spiro atoms. The number of aryl methyl sites for hydroxylation is 1. The third-order valence-electron chi connectivity index (χ3n) is 4.12. The first kappa shape index (κ1) is 17.2. The van der Waals surface area contributed by atoms with E-state index < -0.39 is 5.41 Å². The summed E-state index contributed by atoms with van der Waals surface area (Å²) >= 11 is 5.85. The van der Waals surface area contributed by atoms with E-state index in [1.165, 1.54) is 6.26 Å². The van der Waals surface area contributed by atoms with Gasteiger partial charge < -0.3 is 9.84 Å². The van der Waals surface area contributed by atoms with Gasteiger partial charge in [-0.1, -0.05) is 30.6 Å². The lowest BCUT2D eigenvalue weighted by molar-refractivity contribution is 0.0758. The van der Waals surface area contributed by atoms with E-state index in [1.54, 1.807) is 52.0 Å². The SMILES string of the molecule is Cc1nocc1C(=O)NC(C)C(C)(C)C(=O)c1ccc(Cl)cc1. The second-order valence-electron chi connectivity index (χ2n) is 6.07. The molecular weight excluding hydrogens is 316 g/mol. The molecule has 23 heavy (non-hydrogen) atoms. The number of amides is 1. The van der Waals surface area contributed by atoms with Gasteiger partial charge >= 0.3 is 0 Å². The third-order valence-corrected chi connectivity index (χ3v) is 4.37. The molecule has 5 nitrogen and oxygen atoms in total. The molecule has 2 rings (SSSR count). The van der Waals surface area contributed by atoms with E-state index >= 15 is 0 Å². The number of nitrogens with zero attached hydrogens (tertiary/aromatic N) is 1. The third kappa shape index (κ3) is 3.62. The number of halogens is 1. The van der Waals surface area contributed by atoms with E-state index in [2.05, 4.69) is 10.5 Å². The van der Waals surface area contributed by atoms with E-state index in [0.717, 1.165) is 0 Å². The zero-order valence-electron chi connectivity index (χ0n) is 13.5. The zero-order valence-corrected chi connectivity index (χ0v) is 14.3. The fraction of sp³-hybridized carbons (Fsp3) is 0.353. The quantitative estimate of drug-likeness (QED) is 0.847. The molecule has 0 saturated heterocycles. The Labute approximate surface area is 140 Å². The number of ketones is 1. The fourth-order valence-corrected chi connectivity index (χ4v) is 2.26. The molecule has 1 aromatic heterocycles. The summed E-state index contributed by atoms with van der Waals surface area (Å²) in [5.41, 5.74) is 0.652. The van der Waals surface area contributed by atoms with Crippen molar-refractivity contribution in [3.05, 3.63) is 52.4 Å². The fourth-order valence-electron chi connectivity index (χ4n) is 2.14. The maximum Gasteiger partial charge on any atom is 0.256 e. The van der Waals surface area contributed by atoms with Crippen LogP contribution in [-0.2, 0) is 0 Å². The number of benzene rings is 1. The molecule has 0 radical (unpaired) electrons. The van der Waals surface area contributed by atoms with Crippen molar-refractivity contribution in [3.8, 4) is 0 Å². The minimum Gasteiger partial charge on any atom is -0.364 e. The number of carbonyl (C=O) groups excluding carboxylic acids is 2. The van der Waals surface area contributed by atoms with Crippen LogP contribution in [0.4, 0.5) is 0 Å². The smallest absolute Gasteiger partial charge is 0.256 e. The number of rotatable bonds is 5. The van der Waals surface area contributed by atoms with Crippen molar-refractivity contribution < 1.29 is 14.1 Å². The van der Waals surface area contributed by atoms with Crippen LogP contribution in [0, 0.1) is 12.3 Å². The molecule has 0 aliphatic heterocycles. The van der Waals surface area contributed by atoms with E-state index in [0.29, 0.717) is 21.8 Å². The Morgan fingerprint density at radius 3 is 2.39 bits per heavy atom. The molecular formula is C17H19ClN2O3. The van der Waals surface area contributed by atoms with Crippen LogP contribution in [0.2, 0.25) is 5.02 Å². The van der Waals surface area contributed by atoms with Gasteiger partial charge in [0.1, 0.15) is 11.8 Å². The predicted molar refractivity (Wildman–Crippen MR) is 87.7 cm³/mol. The summed E-state index contributed by atoms with van der Waals surface area (Å²) in [6, 6.07) is 6.34. The molecule has 122 valence electrons. The molecule has 0 aliphatic carbocycles. The maximum atomic E-state index is 12.7. The van der Waals surface area contributed by atoms with Gasteiger partial charge in [-0.2, -0.15) is 0 Å². The summed E-state index contributed by atoms with van der Waals surface area (Å²) < 4.78 is 4.77. The number of Topliss-reactive ketones (excluding diaryl/α,β-unsaturated/α-hetero) is 1. The van der Waals surface area contributed by atoms with Crippen LogP contribution in [-0.4, -0.2) is 22.9 Å². The molecule has 1 N–H and O–H groups in total. The molecule has 1 atom stereocenters. The number of hydrogen-bond acceptors (Lipinski definition) is 4. The van der Waals surface area contributed by atoms with Crippen LogP contribution in [0.1, 0.15) is 47.2 Å². The Morgan fingerprint density at radius 2 is 1.87 bits per heavy atom. The van der Waals surface area contributed by atoms with Crippen molar-refractivity contribution in [1.29, 1.82) is 0 Å². The molecule has 1 amide bonds. The van der Waals surface area contributed by atoms with Gasteiger partial charge in [0.05, 0.1) is 5.69 Å². The lowest BCUT2D eigenvalue weighted by Crippen LogP contribution is -2.47. The molecule has 0 aliphatic rings. The van der Waals surface area contributed by atoms with Gasteiger partial charge in [0.15, 0.2) is 5.78 Å². The van der Waals surface area contributed by atoms with Crippen molar-refractivity contribution in [3.63, 3.8) is 0 Å². The maximum absolute atomic E-state index is 12.7. The van der Waals surface area contributed by atoms with Gasteiger partial charge in [-0.3, -0.25) is 9.59 Å². The summed E-state index contributed by atoms with van der Waals surface area (Å²) in [7, 11) is 0. The first-order valence-corrected chi connectivity index (χ1v) is 7.63. The lowest BCUT2D eigenvalue weighted by Gasteiger charge is -2.31. The highest BCUT2D eigenvalue weighted by Crippen LogP contribution is 2.27. The molecule has 1 unspecified atom stereocenters. The standard InChI is InChI=1S/C17H19ClN2O3/c1-10-14(9-23-20-10)16(22)19-11(2)17(3,4)15(21)12-5-7-13(18)8-6-12/h5-9,11H,1-4H3,(H,19,22). The summed E-state index contributed by atoms with van der Waals surface area (Å²) in [5.74, 6) is -0.378. The first-order valence-electron chi connectivity index (χ1n) is 7.25. The summed E-state index contributed by atoms with van der Waals surface area (Å²) in [6.07, 6.45) is 1.30. The van der Waals surface area contributed by atoms with E-state index in [4.69, 9.17) is 16.1 Å². The van der Waals surface area contributed by atoms with Gasteiger partial charge in [0.25, 0.3) is 5.91 Å². The van der Waals surface area contributed by atoms with Gasteiger partial charge in [-0.15, -0.1) is 0 Å². The normalized spacial score (nSPS) is 12.7.